The first kappa shape index (κ1) is 15.0. The molecule has 110 valence electrons. The highest BCUT2D eigenvalue weighted by molar-refractivity contribution is 5.78. The van der Waals surface area contributed by atoms with Crippen LogP contribution in [0.4, 0.5) is 0 Å². The number of amides is 1. The van der Waals surface area contributed by atoms with Crippen LogP contribution >= 0.6 is 0 Å². The zero-order valence-corrected chi connectivity index (χ0v) is 12.6. The first-order valence-electron chi connectivity index (χ1n) is 7.75. The van der Waals surface area contributed by atoms with Crippen molar-refractivity contribution in [2.45, 2.75) is 45.1 Å². The summed E-state index contributed by atoms with van der Waals surface area (Å²) in [5.74, 6) is 0.747. The zero-order chi connectivity index (χ0) is 14.4. The zero-order valence-electron chi connectivity index (χ0n) is 12.6. The number of nitrogens with zero attached hydrogens (tertiary/aromatic N) is 1. The van der Waals surface area contributed by atoms with Gasteiger partial charge in [-0.25, -0.2) is 0 Å². The summed E-state index contributed by atoms with van der Waals surface area (Å²) in [6, 6.07) is 10.9. The van der Waals surface area contributed by atoms with Crippen LogP contribution in [0.3, 0.4) is 0 Å². The van der Waals surface area contributed by atoms with Crippen LogP contribution in [0.1, 0.15) is 44.6 Å². The molecular formula is C17H26N2O. The van der Waals surface area contributed by atoms with E-state index in [1.165, 1.54) is 5.56 Å². The summed E-state index contributed by atoms with van der Waals surface area (Å²) in [6.07, 6.45) is 3.32. The summed E-state index contributed by atoms with van der Waals surface area (Å²) < 4.78 is 0. The van der Waals surface area contributed by atoms with Crippen molar-refractivity contribution in [3.8, 4) is 0 Å². The van der Waals surface area contributed by atoms with E-state index in [0.717, 1.165) is 32.4 Å². The Morgan fingerprint density at radius 1 is 1.40 bits per heavy atom. The minimum atomic E-state index is 0.166. The van der Waals surface area contributed by atoms with Gasteiger partial charge in [-0.05, 0) is 37.8 Å². The summed E-state index contributed by atoms with van der Waals surface area (Å²) in [7, 11) is 0. The van der Waals surface area contributed by atoms with Crippen LogP contribution in [-0.4, -0.2) is 36.5 Å². The number of likely N-dealkylation sites (tertiary alicyclic amines) is 1. The van der Waals surface area contributed by atoms with Crippen LogP contribution in [0.15, 0.2) is 30.3 Å². The van der Waals surface area contributed by atoms with Crippen molar-refractivity contribution >= 4 is 5.91 Å². The van der Waals surface area contributed by atoms with Crippen LogP contribution in [0.2, 0.25) is 0 Å². The summed E-state index contributed by atoms with van der Waals surface area (Å²) in [4.78, 5) is 14.2. The van der Waals surface area contributed by atoms with E-state index >= 15 is 0 Å². The normalized spacial score (nSPS) is 20.8. The number of nitrogens with one attached hydrogen (secondary N) is 1. The van der Waals surface area contributed by atoms with E-state index in [0.29, 0.717) is 18.5 Å². The molecule has 1 aromatic carbocycles. The fourth-order valence-corrected chi connectivity index (χ4v) is 3.00. The van der Waals surface area contributed by atoms with Gasteiger partial charge in [0.2, 0.25) is 5.91 Å². The third-order valence-electron chi connectivity index (χ3n) is 4.04. The van der Waals surface area contributed by atoms with Gasteiger partial charge >= 0.3 is 0 Å². The van der Waals surface area contributed by atoms with Crippen LogP contribution in [-0.2, 0) is 4.79 Å². The lowest BCUT2D eigenvalue weighted by Crippen LogP contribution is -2.40. The van der Waals surface area contributed by atoms with E-state index in [9.17, 15) is 4.79 Å². The van der Waals surface area contributed by atoms with Gasteiger partial charge in [-0.15, -0.1) is 0 Å². The molecule has 2 rings (SSSR count). The second kappa shape index (κ2) is 7.44. The second-order valence-corrected chi connectivity index (χ2v) is 5.89. The molecule has 1 aliphatic rings. The molecule has 2 atom stereocenters. The Kier molecular flexibility index (Phi) is 5.60. The van der Waals surface area contributed by atoms with E-state index in [-0.39, 0.29) is 5.91 Å². The van der Waals surface area contributed by atoms with Gasteiger partial charge in [0, 0.05) is 12.6 Å². The molecule has 0 spiro atoms. The van der Waals surface area contributed by atoms with Crippen molar-refractivity contribution in [1.82, 2.24) is 10.2 Å². The van der Waals surface area contributed by atoms with Crippen molar-refractivity contribution < 1.29 is 4.79 Å². The second-order valence-electron chi connectivity index (χ2n) is 5.89. The van der Waals surface area contributed by atoms with Crippen LogP contribution in [0, 0.1) is 0 Å². The standard InChI is InChI=1S/C17H26N2O/c1-3-7-14(2)18-17(20)13-19-11-10-16(12-19)15-8-5-4-6-9-15/h4-6,8-9,14,16H,3,7,10-13H2,1-2H3,(H,18,20)/t14-,16-/m1/s1. The maximum atomic E-state index is 12.0. The maximum absolute atomic E-state index is 12.0. The Balaban J connectivity index is 1.77. The molecule has 1 fully saturated rings. The summed E-state index contributed by atoms with van der Waals surface area (Å²) >= 11 is 0. The Labute approximate surface area is 122 Å². The molecule has 0 radical (unpaired) electrons. The lowest BCUT2D eigenvalue weighted by Gasteiger charge is -2.18. The Hall–Kier alpha value is -1.35. The van der Waals surface area contributed by atoms with E-state index in [1.54, 1.807) is 0 Å². The summed E-state index contributed by atoms with van der Waals surface area (Å²) in [6.45, 7) is 6.79. The molecule has 1 heterocycles. The molecule has 1 saturated heterocycles. The molecule has 3 nitrogen and oxygen atoms in total. The van der Waals surface area contributed by atoms with Crippen LogP contribution in [0.25, 0.3) is 0 Å². The molecule has 20 heavy (non-hydrogen) atoms. The van der Waals surface area contributed by atoms with Gasteiger partial charge in [-0.1, -0.05) is 43.7 Å². The topological polar surface area (TPSA) is 32.3 Å². The predicted octanol–water partition coefficient (Wildman–Crippen LogP) is 2.78. The summed E-state index contributed by atoms with van der Waals surface area (Å²) in [5.41, 5.74) is 1.40. The quantitative estimate of drug-likeness (QED) is 0.865. The third-order valence-corrected chi connectivity index (χ3v) is 4.04. The van der Waals surface area contributed by atoms with E-state index in [2.05, 4.69) is 54.4 Å². The van der Waals surface area contributed by atoms with Crippen molar-refractivity contribution in [3.63, 3.8) is 0 Å². The van der Waals surface area contributed by atoms with Gasteiger partial charge in [0.05, 0.1) is 6.54 Å². The minimum absolute atomic E-state index is 0.166. The minimum Gasteiger partial charge on any atom is -0.353 e. The number of rotatable bonds is 6. The molecular weight excluding hydrogens is 248 g/mol. The largest absolute Gasteiger partial charge is 0.353 e. The fraction of sp³-hybridized carbons (Fsp3) is 0.588. The molecule has 1 amide bonds. The number of hydrogen-bond donors (Lipinski definition) is 1. The Bertz CT molecular complexity index is 418. The lowest BCUT2D eigenvalue weighted by atomic mass is 9.99. The van der Waals surface area contributed by atoms with Gasteiger partial charge in [0.1, 0.15) is 0 Å². The molecule has 1 N–H and O–H groups in total. The van der Waals surface area contributed by atoms with Crippen molar-refractivity contribution in [2.24, 2.45) is 0 Å². The van der Waals surface area contributed by atoms with Gasteiger partial charge in [-0.2, -0.15) is 0 Å². The van der Waals surface area contributed by atoms with Gasteiger partial charge in [0.15, 0.2) is 0 Å². The third kappa shape index (κ3) is 4.34. The van der Waals surface area contributed by atoms with Gasteiger partial charge < -0.3 is 5.32 Å². The number of hydrogen-bond acceptors (Lipinski definition) is 2. The first-order valence-corrected chi connectivity index (χ1v) is 7.75. The molecule has 1 aromatic rings. The highest BCUT2D eigenvalue weighted by Gasteiger charge is 2.25. The number of carbonyl (C=O) groups excluding carboxylic acids is 1. The molecule has 0 aromatic heterocycles. The smallest absolute Gasteiger partial charge is 0.234 e. The van der Waals surface area contributed by atoms with Crippen LogP contribution < -0.4 is 5.32 Å². The van der Waals surface area contributed by atoms with Crippen molar-refractivity contribution in [3.05, 3.63) is 35.9 Å². The van der Waals surface area contributed by atoms with E-state index < -0.39 is 0 Å². The van der Waals surface area contributed by atoms with Gasteiger partial charge in [0.25, 0.3) is 0 Å². The monoisotopic (exact) mass is 274 g/mol. The fourth-order valence-electron chi connectivity index (χ4n) is 3.00. The maximum Gasteiger partial charge on any atom is 0.234 e. The molecule has 0 bridgehead atoms. The van der Waals surface area contributed by atoms with E-state index in [4.69, 9.17) is 0 Å². The average molecular weight is 274 g/mol. The molecule has 3 heteroatoms. The number of carbonyl (C=O) groups is 1. The van der Waals surface area contributed by atoms with Crippen molar-refractivity contribution in [1.29, 1.82) is 0 Å². The highest BCUT2D eigenvalue weighted by Crippen LogP contribution is 2.26. The predicted molar refractivity (Wildman–Crippen MR) is 82.8 cm³/mol. The summed E-state index contributed by atoms with van der Waals surface area (Å²) in [5, 5.41) is 3.08. The Morgan fingerprint density at radius 3 is 2.85 bits per heavy atom. The SMILES string of the molecule is CCC[C@@H](C)NC(=O)CN1CC[C@@H](c2ccccc2)C1. The number of benzene rings is 1. The average Bonchev–Trinajstić information content (AvgIpc) is 2.88. The Morgan fingerprint density at radius 2 is 2.15 bits per heavy atom. The van der Waals surface area contributed by atoms with Crippen molar-refractivity contribution in [2.75, 3.05) is 19.6 Å². The molecule has 0 aliphatic carbocycles. The first-order chi connectivity index (χ1) is 9.69. The highest BCUT2D eigenvalue weighted by atomic mass is 16.2. The van der Waals surface area contributed by atoms with E-state index in [1.807, 2.05) is 0 Å². The molecule has 0 saturated carbocycles. The lowest BCUT2D eigenvalue weighted by molar-refractivity contribution is -0.122. The van der Waals surface area contributed by atoms with Gasteiger partial charge in [-0.3, -0.25) is 9.69 Å². The van der Waals surface area contributed by atoms with Crippen LogP contribution in [0.5, 0.6) is 0 Å². The molecule has 1 aliphatic heterocycles. The molecule has 0 unspecified atom stereocenters.